The van der Waals surface area contributed by atoms with Crippen LogP contribution in [0.15, 0.2) is 42.5 Å². The molecule has 0 bridgehead atoms. The van der Waals surface area contributed by atoms with Gasteiger partial charge in [-0.2, -0.15) is 0 Å². The van der Waals surface area contributed by atoms with E-state index in [0.29, 0.717) is 23.7 Å². The molecule has 2 aromatic carbocycles. The summed E-state index contributed by atoms with van der Waals surface area (Å²) in [5.41, 5.74) is 3.67. The molecule has 3 rings (SSSR count). The van der Waals surface area contributed by atoms with Crippen LogP contribution >= 0.6 is 11.6 Å². The van der Waals surface area contributed by atoms with Crippen LogP contribution in [-0.4, -0.2) is 31.4 Å². The van der Waals surface area contributed by atoms with E-state index in [4.69, 9.17) is 11.6 Å². The van der Waals surface area contributed by atoms with Crippen molar-refractivity contribution in [2.75, 3.05) is 29.9 Å². The molecular weight excluding hydrogens is 386 g/mol. The van der Waals surface area contributed by atoms with Gasteiger partial charge >= 0.3 is 11.8 Å². The van der Waals surface area contributed by atoms with Gasteiger partial charge in [0.15, 0.2) is 0 Å². The summed E-state index contributed by atoms with van der Waals surface area (Å²) in [6, 6.07) is 13.7. The molecule has 1 fully saturated rings. The summed E-state index contributed by atoms with van der Waals surface area (Å²) in [6.07, 6.45) is 5.82. The molecule has 1 saturated heterocycles. The SMILES string of the molecule is Cc1c(Cl)cccc1NC(=O)C(=O)NCCc1ccc(N2CCCCCC2)cc1. The van der Waals surface area contributed by atoms with Crippen molar-refractivity contribution in [1.82, 2.24) is 5.32 Å². The molecule has 154 valence electrons. The van der Waals surface area contributed by atoms with Crippen molar-refractivity contribution in [2.24, 2.45) is 0 Å². The number of rotatable bonds is 5. The second-order valence-electron chi connectivity index (χ2n) is 7.44. The maximum atomic E-state index is 12.1. The zero-order valence-corrected chi connectivity index (χ0v) is 17.6. The fraction of sp³-hybridized carbons (Fsp3) is 0.391. The van der Waals surface area contributed by atoms with Gasteiger partial charge in [0.2, 0.25) is 0 Å². The highest BCUT2D eigenvalue weighted by Gasteiger charge is 2.15. The maximum Gasteiger partial charge on any atom is 0.313 e. The molecule has 2 amide bonds. The standard InChI is InChI=1S/C23H28ClN3O2/c1-17-20(24)7-6-8-21(17)26-23(29)22(28)25-14-13-18-9-11-19(12-10-18)27-15-4-2-3-5-16-27/h6-12H,2-5,13-16H2,1H3,(H,25,28)(H,26,29). The van der Waals surface area contributed by atoms with Crippen LogP contribution in [0.5, 0.6) is 0 Å². The molecule has 0 spiro atoms. The third kappa shape index (κ3) is 5.97. The van der Waals surface area contributed by atoms with E-state index < -0.39 is 11.8 Å². The number of amides is 2. The number of nitrogens with zero attached hydrogens (tertiary/aromatic N) is 1. The lowest BCUT2D eigenvalue weighted by atomic mass is 10.1. The molecule has 5 nitrogen and oxygen atoms in total. The van der Waals surface area contributed by atoms with Crippen molar-refractivity contribution < 1.29 is 9.59 Å². The minimum absolute atomic E-state index is 0.407. The Bertz CT molecular complexity index is 844. The van der Waals surface area contributed by atoms with Gasteiger partial charge < -0.3 is 15.5 Å². The Kier molecular flexibility index (Phi) is 7.53. The lowest BCUT2D eigenvalue weighted by Crippen LogP contribution is -2.36. The third-order valence-electron chi connectivity index (χ3n) is 5.33. The van der Waals surface area contributed by atoms with Crippen molar-refractivity contribution in [1.29, 1.82) is 0 Å². The van der Waals surface area contributed by atoms with Gasteiger partial charge in [-0.1, -0.05) is 42.6 Å². The smallest absolute Gasteiger partial charge is 0.313 e. The van der Waals surface area contributed by atoms with E-state index in [0.717, 1.165) is 24.2 Å². The summed E-state index contributed by atoms with van der Waals surface area (Å²) in [5, 5.41) is 5.83. The Morgan fingerprint density at radius 2 is 1.66 bits per heavy atom. The first-order valence-corrected chi connectivity index (χ1v) is 10.6. The molecule has 2 N–H and O–H groups in total. The Balaban J connectivity index is 1.46. The molecular formula is C23H28ClN3O2. The molecule has 0 saturated carbocycles. The Morgan fingerprint density at radius 1 is 0.966 bits per heavy atom. The Hall–Kier alpha value is -2.53. The van der Waals surface area contributed by atoms with Gasteiger partial charge in [0, 0.05) is 36.0 Å². The van der Waals surface area contributed by atoms with Crippen molar-refractivity contribution >= 4 is 34.8 Å². The minimum Gasteiger partial charge on any atom is -0.372 e. The summed E-state index contributed by atoms with van der Waals surface area (Å²) in [7, 11) is 0. The molecule has 0 unspecified atom stereocenters. The van der Waals surface area contributed by atoms with Crippen LogP contribution in [0.2, 0.25) is 5.02 Å². The molecule has 0 atom stereocenters. The monoisotopic (exact) mass is 413 g/mol. The number of hydrogen-bond acceptors (Lipinski definition) is 3. The van der Waals surface area contributed by atoms with Crippen molar-refractivity contribution in [3.8, 4) is 0 Å². The van der Waals surface area contributed by atoms with E-state index in [9.17, 15) is 9.59 Å². The van der Waals surface area contributed by atoms with Crippen LogP contribution in [0.1, 0.15) is 36.8 Å². The van der Waals surface area contributed by atoms with Crippen LogP contribution in [-0.2, 0) is 16.0 Å². The fourth-order valence-corrected chi connectivity index (χ4v) is 3.70. The molecule has 29 heavy (non-hydrogen) atoms. The summed E-state index contributed by atoms with van der Waals surface area (Å²) in [6.45, 7) is 4.45. The summed E-state index contributed by atoms with van der Waals surface area (Å²) >= 11 is 6.04. The first kappa shape index (κ1) is 21.2. The van der Waals surface area contributed by atoms with Crippen molar-refractivity contribution in [3.63, 3.8) is 0 Å². The Labute approximate surface area is 177 Å². The average Bonchev–Trinajstić information content (AvgIpc) is 3.01. The second-order valence-corrected chi connectivity index (χ2v) is 7.85. The highest BCUT2D eigenvalue weighted by atomic mass is 35.5. The number of carbonyl (C=O) groups excluding carboxylic acids is 2. The first-order chi connectivity index (χ1) is 14.0. The Morgan fingerprint density at radius 3 is 2.34 bits per heavy atom. The normalized spacial score (nSPS) is 14.2. The summed E-state index contributed by atoms with van der Waals surface area (Å²) in [4.78, 5) is 26.6. The molecule has 1 heterocycles. The third-order valence-corrected chi connectivity index (χ3v) is 5.74. The maximum absolute atomic E-state index is 12.1. The average molecular weight is 414 g/mol. The molecule has 6 heteroatoms. The van der Waals surface area contributed by atoms with Gasteiger partial charge in [0.1, 0.15) is 0 Å². The topological polar surface area (TPSA) is 61.4 Å². The molecule has 2 aromatic rings. The van der Waals surface area contributed by atoms with Gasteiger partial charge in [0.05, 0.1) is 0 Å². The number of benzene rings is 2. The van der Waals surface area contributed by atoms with E-state index in [1.807, 2.05) is 0 Å². The van der Waals surface area contributed by atoms with Crippen LogP contribution < -0.4 is 15.5 Å². The predicted octanol–water partition coefficient (Wildman–Crippen LogP) is 4.33. The van der Waals surface area contributed by atoms with Gasteiger partial charge in [0.25, 0.3) is 0 Å². The largest absolute Gasteiger partial charge is 0.372 e. The van der Waals surface area contributed by atoms with Crippen molar-refractivity contribution in [2.45, 2.75) is 39.0 Å². The van der Waals surface area contributed by atoms with E-state index in [-0.39, 0.29) is 0 Å². The first-order valence-electron chi connectivity index (χ1n) is 10.2. The molecule has 0 radical (unpaired) electrons. The van der Waals surface area contributed by atoms with Crippen LogP contribution in [0, 0.1) is 6.92 Å². The highest BCUT2D eigenvalue weighted by Crippen LogP contribution is 2.23. The quantitative estimate of drug-likeness (QED) is 0.717. The summed E-state index contributed by atoms with van der Waals surface area (Å²) < 4.78 is 0. The number of halogens is 1. The van der Waals surface area contributed by atoms with Gasteiger partial charge in [-0.15, -0.1) is 0 Å². The van der Waals surface area contributed by atoms with E-state index in [1.54, 1.807) is 25.1 Å². The van der Waals surface area contributed by atoms with Crippen LogP contribution in [0.25, 0.3) is 0 Å². The molecule has 1 aliphatic heterocycles. The van der Waals surface area contributed by atoms with E-state index in [1.165, 1.54) is 31.4 Å². The van der Waals surface area contributed by atoms with Crippen LogP contribution in [0.3, 0.4) is 0 Å². The van der Waals surface area contributed by atoms with Gasteiger partial charge in [-0.05, 0) is 61.6 Å². The second kappa shape index (κ2) is 10.3. The lowest BCUT2D eigenvalue weighted by Gasteiger charge is -2.22. The summed E-state index contributed by atoms with van der Waals surface area (Å²) in [5.74, 6) is -1.34. The van der Waals surface area contributed by atoms with Crippen LogP contribution in [0.4, 0.5) is 11.4 Å². The van der Waals surface area contributed by atoms with Gasteiger partial charge in [-0.25, -0.2) is 0 Å². The van der Waals surface area contributed by atoms with Gasteiger partial charge in [-0.3, -0.25) is 9.59 Å². The fourth-order valence-electron chi connectivity index (χ4n) is 3.52. The highest BCUT2D eigenvalue weighted by molar-refractivity contribution is 6.40. The molecule has 1 aliphatic rings. The minimum atomic E-state index is -0.688. The zero-order valence-electron chi connectivity index (χ0n) is 16.8. The lowest BCUT2D eigenvalue weighted by molar-refractivity contribution is -0.136. The van der Waals surface area contributed by atoms with E-state index >= 15 is 0 Å². The number of nitrogens with one attached hydrogen (secondary N) is 2. The molecule has 0 aromatic heterocycles. The zero-order chi connectivity index (χ0) is 20.6. The van der Waals surface area contributed by atoms with E-state index in [2.05, 4.69) is 39.8 Å². The predicted molar refractivity (Wildman–Crippen MR) is 119 cm³/mol. The number of carbonyl (C=O) groups is 2. The number of anilines is 2. The van der Waals surface area contributed by atoms with Crippen molar-refractivity contribution in [3.05, 3.63) is 58.6 Å². The number of hydrogen-bond donors (Lipinski definition) is 2. The molecule has 0 aliphatic carbocycles.